The maximum absolute atomic E-state index is 11.9. The topological polar surface area (TPSA) is 81.7 Å². The second-order valence-electron chi connectivity index (χ2n) is 5.73. The Bertz CT molecular complexity index is 787. The summed E-state index contributed by atoms with van der Waals surface area (Å²) < 4.78 is 9.99. The van der Waals surface area contributed by atoms with Crippen LogP contribution in [0, 0.1) is 0 Å². The molecule has 142 valence electrons. The molecule has 1 amide bonds. The molecule has 2 aromatic carbocycles. The number of rotatable bonds is 8. The van der Waals surface area contributed by atoms with Crippen LogP contribution in [0.15, 0.2) is 48.5 Å². The number of carbonyl (C=O) groups excluding carboxylic acids is 3. The van der Waals surface area contributed by atoms with Crippen molar-refractivity contribution in [1.82, 2.24) is 0 Å². The van der Waals surface area contributed by atoms with E-state index in [0.717, 1.165) is 12.0 Å². The summed E-state index contributed by atoms with van der Waals surface area (Å²) in [6.45, 7) is 1.87. The number of amides is 1. The molecule has 0 radical (unpaired) electrons. The first-order chi connectivity index (χ1) is 13.0. The first-order valence-corrected chi connectivity index (χ1v) is 8.83. The van der Waals surface area contributed by atoms with Gasteiger partial charge in [0, 0.05) is 10.7 Å². The molecule has 0 aliphatic heterocycles. The van der Waals surface area contributed by atoms with Gasteiger partial charge in [-0.15, -0.1) is 0 Å². The molecule has 0 atom stereocenters. The molecule has 0 aliphatic carbocycles. The van der Waals surface area contributed by atoms with Crippen LogP contribution in [0.5, 0.6) is 0 Å². The predicted octanol–water partition coefficient (Wildman–Crippen LogP) is 3.63. The lowest BCUT2D eigenvalue weighted by atomic mass is 10.1. The molecule has 0 bridgehead atoms. The standard InChI is InChI=1S/C20H20ClNO5/c1-2-11-26-20(25)15-5-9-17(10-6-15)22-18(23)13-27-19(24)12-14-3-7-16(21)8-4-14/h3-10H,2,11-13H2,1H3,(H,22,23). The van der Waals surface area contributed by atoms with Crippen LogP contribution in [-0.4, -0.2) is 31.1 Å². The average molecular weight is 390 g/mol. The van der Waals surface area contributed by atoms with E-state index in [9.17, 15) is 14.4 Å². The number of hydrogen-bond acceptors (Lipinski definition) is 5. The normalized spacial score (nSPS) is 10.1. The van der Waals surface area contributed by atoms with Gasteiger partial charge >= 0.3 is 11.9 Å². The molecule has 1 N–H and O–H groups in total. The first-order valence-electron chi connectivity index (χ1n) is 8.45. The summed E-state index contributed by atoms with van der Waals surface area (Å²) in [6, 6.07) is 13.1. The molecule has 0 spiro atoms. The zero-order valence-electron chi connectivity index (χ0n) is 14.9. The van der Waals surface area contributed by atoms with Gasteiger partial charge in [0.1, 0.15) is 0 Å². The third-order valence-corrected chi connectivity index (χ3v) is 3.72. The molecule has 2 aromatic rings. The molecule has 0 aromatic heterocycles. The average Bonchev–Trinajstić information content (AvgIpc) is 2.67. The predicted molar refractivity (Wildman–Crippen MR) is 102 cm³/mol. The molecule has 0 fully saturated rings. The third kappa shape index (κ3) is 7.11. The minimum absolute atomic E-state index is 0.0546. The minimum Gasteiger partial charge on any atom is -0.462 e. The smallest absolute Gasteiger partial charge is 0.338 e. The molecule has 0 saturated carbocycles. The van der Waals surface area contributed by atoms with Gasteiger partial charge in [-0.3, -0.25) is 9.59 Å². The first kappa shape index (κ1) is 20.5. The third-order valence-electron chi connectivity index (χ3n) is 3.47. The lowest BCUT2D eigenvalue weighted by Gasteiger charge is -2.08. The van der Waals surface area contributed by atoms with Crippen LogP contribution in [0.2, 0.25) is 5.02 Å². The minimum atomic E-state index is -0.513. The molecule has 7 heteroatoms. The lowest BCUT2D eigenvalue weighted by Crippen LogP contribution is -2.21. The van der Waals surface area contributed by atoms with Crippen molar-refractivity contribution in [2.75, 3.05) is 18.5 Å². The Morgan fingerprint density at radius 3 is 2.26 bits per heavy atom. The van der Waals surface area contributed by atoms with Gasteiger partial charge < -0.3 is 14.8 Å². The molecular weight excluding hydrogens is 370 g/mol. The van der Waals surface area contributed by atoms with Gasteiger partial charge in [0.25, 0.3) is 5.91 Å². The molecule has 0 saturated heterocycles. The maximum Gasteiger partial charge on any atom is 0.338 e. The fourth-order valence-electron chi connectivity index (χ4n) is 2.13. The Labute approximate surface area is 162 Å². The SMILES string of the molecule is CCCOC(=O)c1ccc(NC(=O)COC(=O)Cc2ccc(Cl)cc2)cc1. The van der Waals surface area contributed by atoms with Crippen LogP contribution < -0.4 is 5.32 Å². The second-order valence-corrected chi connectivity index (χ2v) is 6.16. The second kappa shape index (κ2) is 10.3. The van der Waals surface area contributed by atoms with E-state index in [1.54, 1.807) is 48.5 Å². The molecule has 2 rings (SSSR count). The zero-order valence-corrected chi connectivity index (χ0v) is 15.6. The van der Waals surface area contributed by atoms with Crippen LogP contribution in [-0.2, 0) is 25.5 Å². The zero-order chi connectivity index (χ0) is 19.6. The Morgan fingerprint density at radius 1 is 0.963 bits per heavy atom. The van der Waals surface area contributed by atoms with Crippen molar-refractivity contribution in [3.05, 3.63) is 64.7 Å². The summed E-state index contributed by atoms with van der Waals surface area (Å²) in [4.78, 5) is 35.4. The largest absolute Gasteiger partial charge is 0.462 e. The summed E-state index contributed by atoms with van der Waals surface area (Å²) in [7, 11) is 0. The van der Waals surface area contributed by atoms with Gasteiger partial charge in [-0.1, -0.05) is 30.7 Å². The Morgan fingerprint density at radius 2 is 1.63 bits per heavy atom. The summed E-state index contributed by atoms with van der Waals surface area (Å²) in [5.74, 6) is -1.40. The van der Waals surface area contributed by atoms with Crippen LogP contribution in [0.3, 0.4) is 0 Å². The maximum atomic E-state index is 11.9. The van der Waals surface area contributed by atoms with Crippen molar-refractivity contribution in [2.45, 2.75) is 19.8 Å². The number of benzene rings is 2. The van der Waals surface area contributed by atoms with Crippen LogP contribution in [0.4, 0.5) is 5.69 Å². The number of hydrogen-bond donors (Lipinski definition) is 1. The van der Waals surface area contributed by atoms with E-state index in [0.29, 0.717) is 22.9 Å². The van der Waals surface area contributed by atoms with Crippen molar-refractivity contribution >= 4 is 35.1 Å². The van der Waals surface area contributed by atoms with Crippen LogP contribution in [0.1, 0.15) is 29.3 Å². The molecular formula is C20H20ClNO5. The number of esters is 2. The summed E-state index contributed by atoms with van der Waals surface area (Å²) in [5.41, 5.74) is 1.63. The van der Waals surface area contributed by atoms with Crippen molar-refractivity contribution in [3.63, 3.8) is 0 Å². The van der Waals surface area contributed by atoms with E-state index in [2.05, 4.69) is 5.32 Å². The Hall–Kier alpha value is -2.86. The van der Waals surface area contributed by atoms with Gasteiger partial charge in [0.05, 0.1) is 18.6 Å². The molecule has 0 unspecified atom stereocenters. The van der Waals surface area contributed by atoms with Crippen molar-refractivity contribution < 1.29 is 23.9 Å². The van der Waals surface area contributed by atoms with Crippen molar-refractivity contribution in [1.29, 1.82) is 0 Å². The number of nitrogens with one attached hydrogen (secondary N) is 1. The van der Waals surface area contributed by atoms with Gasteiger partial charge in [0.2, 0.25) is 0 Å². The lowest BCUT2D eigenvalue weighted by molar-refractivity contribution is -0.146. The number of halogens is 1. The van der Waals surface area contributed by atoms with E-state index in [1.807, 2.05) is 6.92 Å². The molecule has 0 heterocycles. The Kier molecular flexibility index (Phi) is 7.82. The van der Waals surface area contributed by atoms with E-state index >= 15 is 0 Å². The summed E-state index contributed by atoms with van der Waals surface area (Å²) in [5, 5.41) is 3.17. The quantitative estimate of drug-likeness (QED) is 0.697. The van der Waals surface area contributed by atoms with E-state index in [-0.39, 0.29) is 6.42 Å². The molecule has 27 heavy (non-hydrogen) atoms. The van der Waals surface area contributed by atoms with E-state index in [1.165, 1.54) is 0 Å². The van der Waals surface area contributed by atoms with E-state index < -0.39 is 24.5 Å². The molecule has 6 nitrogen and oxygen atoms in total. The fourth-order valence-corrected chi connectivity index (χ4v) is 2.26. The summed E-state index contributed by atoms with van der Waals surface area (Å²) >= 11 is 5.78. The van der Waals surface area contributed by atoms with Gasteiger partial charge in [-0.2, -0.15) is 0 Å². The monoisotopic (exact) mass is 389 g/mol. The van der Waals surface area contributed by atoms with Crippen LogP contribution in [0.25, 0.3) is 0 Å². The number of carbonyl (C=O) groups is 3. The highest BCUT2D eigenvalue weighted by molar-refractivity contribution is 6.30. The van der Waals surface area contributed by atoms with Gasteiger partial charge in [0.15, 0.2) is 6.61 Å². The van der Waals surface area contributed by atoms with Gasteiger partial charge in [-0.05, 0) is 48.4 Å². The number of anilines is 1. The van der Waals surface area contributed by atoms with Crippen molar-refractivity contribution in [2.24, 2.45) is 0 Å². The van der Waals surface area contributed by atoms with Crippen molar-refractivity contribution in [3.8, 4) is 0 Å². The highest BCUT2D eigenvalue weighted by Gasteiger charge is 2.10. The number of ether oxygens (including phenoxy) is 2. The van der Waals surface area contributed by atoms with E-state index in [4.69, 9.17) is 21.1 Å². The molecule has 0 aliphatic rings. The highest BCUT2D eigenvalue weighted by atomic mass is 35.5. The van der Waals surface area contributed by atoms with Gasteiger partial charge in [-0.25, -0.2) is 4.79 Å². The highest BCUT2D eigenvalue weighted by Crippen LogP contribution is 2.12. The summed E-state index contributed by atoms with van der Waals surface area (Å²) in [6.07, 6.45) is 0.801. The Balaban J connectivity index is 1.77. The fraction of sp³-hybridized carbons (Fsp3) is 0.250. The van der Waals surface area contributed by atoms with Crippen LogP contribution >= 0.6 is 11.6 Å².